The molecule has 60 heavy (non-hydrogen) atoms. The summed E-state index contributed by atoms with van der Waals surface area (Å²) < 4.78 is 42.4. The number of amides is 4. The zero-order valence-corrected chi connectivity index (χ0v) is 33.7. The van der Waals surface area contributed by atoms with Gasteiger partial charge in [-0.3, -0.25) is 9.59 Å². The number of hydrogen-bond donors (Lipinski definition) is 4. The molecule has 5 unspecified atom stereocenters. The SMILES string of the molecule is COC(=O)NCC(=O)N1C2CCC(C2)C1c1nc2ccc(-c3ccc4c(c3)C(F)(F)c3cc(-c5cnc(C6CCCN6C(=O)C(NC(=O)OC)C(C)C)[nH]5)ccc3-4)cc2[nH]1. The molecule has 3 fully saturated rings. The Morgan fingerprint density at radius 3 is 2.32 bits per heavy atom. The minimum Gasteiger partial charge on any atom is -0.453 e. The number of hydrogen-bond acceptors (Lipinski definition) is 8. The number of rotatable bonds is 9. The Morgan fingerprint density at radius 2 is 1.58 bits per heavy atom. The van der Waals surface area contributed by atoms with Crippen LogP contribution in [0.5, 0.6) is 0 Å². The Kier molecular flexibility index (Phi) is 9.82. The molecule has 4 amide bonds. The van der Waals surface area contributed by atoms with Crippen molar-refractivity contribution in [2.45, 2.75) is 76.0 Å². The van der Waals surface area contributed by atoms with Crippen LogP contribution in [-0.2, 0) is 25.0 Å². The Labute approximate surface area is 344 Å². The molecule has 1 saturated carbocycles. The van der Waals surface area contributed by atoms with Crippen molar-refractivity contribution >= 4 is 35.0 Å². The third-order valence-electron chi connectivity index (χ3n) is 12.7. The Bertz CT molecular complexity index is 2530. The van der Waals surface area contributed by atoms with E-state index in [1.165, 1.54) is 20.3 Å². The molecule has 4 aliphatic rings. The summed E-state index contributed by atoms with van der Waals surface area (Å²) >= 11 is 0. The zero-order valence-electron chi connectivity index (χ0n) is 33.7. The van der Waals surface area contributed by atoms with E-state index < -0.39 is 24.2 Å². The number of piperidine rings is 1. The van der Waals surface area contributed by atoms with Crippen molar-refractivity contribution in [3.05, 3.63) is 83.6 Å². The van der Waals surface area contributed by atoms with Gasteiger partial charge in [0.25, 0.3) is 5.92 Å². The molecule has 312 valence electrons. The van der Waals surface area contributed by atoms with Gasteiger partial charge in [-0.25, -0.2) is 19.6 Å². The highest BCUT2D eigenvalue weighted by Crippen LogP contribution is 2.53. The number of nitrogens with one attached hydrogen (secondary N) is 4. The van der Waals surface area contributed by atoms with Crippen LogP contribution in [0.2, 0.25) is 0 Å². The van der Waals surface area contributed by atoms with Crippen LogP contribution in [0, 0.1) is 11.8 Å². The molecule has 3 aromatic carbocycles. The molecule has 2 saturated heterocycles. The van der Waals surface area contributed by atoms with Crippen molar-refractivity contribution in [1.82, 2.24) is 40.4 Å². The maximum Gasteiger partial charge on any atom is 0.407 e. The molecule has 9 rings (SSSR count). The van der Waals surface area contributed by atoms with E-state index in [0.717, 1.165) is 36.8 Å². The maximum atomic E-state index is 16.5. The average Bonchev–Trinajstić information content (AvgIpc) is 4.12. The number of H-pyrrole nitrogens is 2. The van der Waals surface area contributed by atoms with Crippen LogP contribution in [0.3, 0.4) is 0 Å². The fourth-order valence-corrected chi connectivity index (χ4v) is 9.77. The van der Waals surface area contributed by atoms with Crippen molar-refractivity contribution in [1.29, 1.82) is 0 Å². The van der Waals surface area contributed by atoms with Crippen LogP contribution in [0.1, 0.15) is 80.8 Å². The van der Waals surface area contributed by atoms with Gasteiger partial charge in [0.1, 0.15) is 24.2 Å². The first-order chi connectivity index (χ1) is 28.9. The lowest BCUT2D eigenvalue weighted by atomic mass is 9.98. The number of carbonyl (C=O) groups excluding carboxylic acids is 4. The van der Waals surface area contributed by atoms with Crippen molar-refractivity contribution in [3.63, 3.8) is 0 Å². The van der Waals surface area contributed by atoms with Crippen LogP contribution >= 0.6 is 0 Å². The molecule has 14 nitrogen and oxygen atoms in total. The second-order valence-electron chi connectivity index (χ2n) is 16.5. The van der Waals surface area contributed by atoms with Crippen molar-refractivity contribution in [2.75, 3.05) is 27.3 Å². The summed E-state index contributed by atoms with van der Waals surface area (Å²) in [5.41, 5.74) is 4.62. The van der Waals surface area contributed by atoms with Gasteiger partial charge < -0.3 is 39.9 Å². The van der Waals surface area contributed by atoms with Gasteiger partial charge in [0.05, 0.1) is 49.2 Å². The lowest BCUT2D eigenvalue weighted by molar-refractivity contribution is -0.136. The number of alkyl halides is 2. The van der Waals surface area contributed by atoms with Gasteiger partial charge in [-0.05, 0) is 90.5 Å². The number of benzene rings is 3. The summed E-state index contributed by atoms with van der Waals surface area (Å²) in [4.78, 5) is 70.3. The second-order valence-corrected chi connectivity index (χ2v) is 16.5. The molecular formula is C44H46F2N8O6. The molecule has 2 aliphatic heterocycles. The van der Waals surface area contributed by atoms with Crippen LogP contribution in [0.15, 0.2) is 60.8 Å². The van der Waals surface area contributed by atoms with E-state index in [0.29, 0.717) is 58.1 Å². The van der Waals surface area contributed by atoms with Crippen LogP contribution in [-0.4, -0.2) is 93.1 Å². The van der Waals surface area contributed by atoms with E-state index in [9.17, 15) is 19.2 Å². The Hall–Kier alpha value is -6.32. The fourth-order valence-electron chi connectivity index (χ4n) is 9.77. The maximum absolute atomic E-state index is 16.5. The first-order valence-corrected chi connectivity index (χ1v) is 20.4. The van der Waals surface area contributed by atoms with Crippen molar-refractivity contribution in [2.24, 2.45) is 11.8 Å². The molecule has 2 bridgehead atoms. The first kappa shape index (κ1) is 39.2. The number of halogens is 2. The summed E-state index contributed by atoms with van der Waals surface area (Å²) in [5, 5.41) is 5.14. The molecule has 2 aliphatic carbocycles. The van der Waals surface area contributed by atoms with Crippen LogP contribution < -0.4 is 10.6 Å². The number of methoxy groups -OCH3 is 2. The minimum absolute atomic E-state index is 0.0722. The number of aromatic nitrogens is 4. The van der Waals surface area contributed by atoms with Gasteiger partial charge in [-0.1, -0.05) is 44.2 Å². The number of aromatic amines is 2. The van der Waals surface area contributed by atoms with Crippen molar-refractivity contribution < 1.29 is 37.4 Å². The third kappa shape index (κ3) is 6.61. The Balaban J connectivity index is 0.945. The highest BCUT2D eigenvalue weighted by atomic mass is 19.3. The topological polar surface area (TPSA) is 175 Å². The van der Waals surface area contributed by atoms with Gasteiger partial charge in [0, 0.05) is 29.3 Å². The average molecular weight is 821 g/mol. The lowest BCUT2D eigenvalue weighted by Gasteiger charge is -2.34. The number of likely N-dealkylation sites (tertiary alicyclic amines) is 2. The first-order valence-electron chi connectivity index (χ1n) is 20.4. The summed E-state index contributed by atoms with van der Waals surface area (Å²) in [7, 11) is 2.50. The fraction of sp³-hybridized carbons (Fsp3) is 0.409. The molecule has 4 heterocycles. The van der Waals surface area contributed by atoms with Gasteiger partial charge in [-0.2, -0.15) is 8.78 Å². The zero-order chi connectivity index (χ0) is 42.0. The summed E-state index contributed by atoms with van der Waals surface area (Å²) in [6, 6.07) is 14.5. The molecule has 5 atom stereocenters. The van der Waals surface area contributed by atoms with Crippen molar-refractivity contribution in [3.8, 4) is 33.5 Å². The summed E-state index contributed by atoms with van der Waals surface area (Å²) in [5.74, 6) is -2.44. The quantitative estimate of drug-likeness (QED) is 0.121. The number of fused-ring (bicyclic) bond motifs is 6. The predicted molar refractivity (Wildman–Crippen MR) is 217 cm³/mol. The number of ether oxygens (including phenoxy) is 2. The second kappa shape index (κ2) is 15.1. The van der Waals surface area contributed by atoms with E-state index in [2.05, 4.69) is 30.3 Å². The Morgan fingerprint density at radius 1 is 0.883 bits per heavy atom. The molecule has 4 N–H and O–H groups in total. The molecule has 0 radical (unpaired) electrons. The van der Waals surface area contributed by atoms with Gasteiger partial charge in [0.15, 0.2) is 0 Å². The molecule has 16 heteroatoms. The van der Waals surface area contributed by atoms with E-state index in [-0.39, 0.29) is 59.4 Å². The predicted octanol–water partition coefficient (Wildman–Crippen LogP) is 7.19. The minimum atomic E-state index is -3.28. The van der Waals surface area contributed by atoms with Gasteiger partial charge >= 0.3 is 12.2 Å². The van der Waals surface area contributed by atoms with Crippen LogP contribution in [0.25, 0.3) is 44.5 Å². The van der Waals surface area contributed by atoms with E-state index in [1.807, 2.05) is 43.0 Å². The smallest absolute Gasteiger partial charge is 0.407 e. The molecular weight excluding hydrogens is 775 g/mol. The summed E-state index contributed by atoms with van der Waals surface area (Å²) in [6.07, 6.45) is 4.41. The molecule has 2 aromatic heterocycles. The lowest BCUT2D eigenvalue weighted by Crippen LogP contribution is -2.51. The highest BCUT2D eigenvalue weighted by molar-refractivity contribution is 5.88. The molecule has 0 spiro atoms. The van der Waals surface area contributed by atoms with E-state index in [4.69, 9.17) is 9.72 Å². The van der Waals surface area contributed by atoms with Gasteiger partial charge in [-0.15, -0.1) is 0 Å². The summed E-state index contributed by atoms with van der Waals surface area (Å²) in [6.45, 7) is 4.03. The number of carbonyl (C=O) groups is 4. The standard InChI is InChI=1S/C44H46F2N8O6/c1-22(2)37(52-43(58)60-4)41(56)53-15-5-6-35(53)39-47-20-34(51-39)25-9-13-29-28-12-8-23(17-30(28)44(45,46)31(29)18-25)24-10-14-32-33(19-24)50-40(49-32)38-26-7-11-27(16-26)54(38)36(55)21-48-42(57)59-3/h8-10,12-14,17-20,22,26-27,35,37-38H,5-7,11,15-16,21H2,1-4H3,(H,47,51)(H,48,57)(H,49,50)(H,52,58). The third-order valence-corrected chi connectivity index (χ3v) is 12.7. The number of imidazole rings is 2. The number of alkyl carbamates (subject to hydrolysis) is 2. The van der Waals surface area contributed by atoms with Gasteiger partial charge in [0.2, 0.25) is 11.8 Å². The normalized spacial score (nSPS) is 21.6. The van der Waals surface area contributed by atoms with E-state index >= 15 is 8.78 Å². The monoisotopic (exact) mass is 820 g/mol. The highest BCUT2D eigenvalue weighted by Gasteiger charge is 2.50. The molecule has 5 aromatic rings. The van der Waals surface area contributed by atoms with Crippen LogP contribution in [0.4, 0.5) is 18.4 Å². The number of nitrogens with zero attached hydrogens (tertiary/aromatic N) is 4. The van der Waals surface area contributed by atoms with E-state index in [1.54, 1.807) is 35.4 Å². The largest absolute Gasteiger partial charge is 0.453 e.